The van der Waals surface area contributed by atoms with Crippen LogP contribution in [-0.2, 0) is 28.6 Å². The van der Waals surface area contributed by atoms with E-state index in [1.807, 2.05) is 0 Å². The second kappa shape index (κ2) is 6.80. The minimum absolute atomic E-state index is 0.0751. The second-order valence-electron chi connectivity index (χ2n) is 2.46. The summed E-state index contributed by atoms with van der Waals surface area (Å²) in [6.07, 6.45) is 0. The first-order valence-corrected chi connectivity index (χ1v) is 4.49. The number of rotatable bonds is 5. The molecule has 0 bridgehead atoms. The molecule has 0 aromatic rings. The van der Waals surface area contributed by atoms with Gasteiger partial charge in [-0.25, -0.2) is 0 Å². The first-order valence-electron chi connectivity index (χ1n) is 4.49. The Morgan fingerprint density at radius 3 is 1.60 bits per heavy atom. The number of hydrogen-bond donors (Lipinski definition) is 0. The second-order valence-corrected chi connectivity index (χ2v) is 2.46. The first kappa shape index (κ1) is 13.4. The predicted octanol–water partition coefficient (Wildman–Crippen LogP) is -0.0982. The Morgan fingerprint density at radius 1 is 0.933 bits per heavy atom. The van der Waals surface area contributed by atoms with E-state index >= 15 is 0 Å². The Balaban J connectivity index is 4.64. The summed E-state index contributed by atoms with van der Waals surface area (Å²) in [4.78, 5) is 33.6. The van der Waals surface area contributed by atoms with Gasteiger partial charge in [0.15, 0.2) is 0 Å². The molecule has 0 aliphatic rings. The van der Waals surface area contributed by atoms with Crippen LogP contribution in [0.3, 0.4) is 0 Å². The van der Waals surface area contributed by atoms with Crippen LogP contribution in [0.15, 0.2) is 0 Å². The highest BCUT2D eigenvalue weighted by Gasteiger charge is 2.37. The van der Waals surface area contributed by atoms with Crippen LogP contribution >= 0.6 is 0 Å². The number of carbonyl (C=O) groups is 3. The van der Waals surface area contributed by atoms with Crippen molar-refractivity contribution in [1.82, 2.24) is 0 Å². The summed E-state index contributed by atoms with van der Waals surface area (Å²) in [5.74, 6) is -4.53. The van der Waals surface area contributed by atoms with Gasteiger partial charge in [0.1, 0.15) is 0 Å². The van der Waals surface area contributed by atoms with Gasteiger partial charge >= 0.3 is 17.9 Å². The summed E-state index contributed by atoms with van der Waals surface area (Å²) in [6.45, 7) is 3.28. The zero-order valence-corrected chi connectivity index (χ0v) is 8.94. The molecule has 0 aromatic heterocycles. The molecule has 0 saturated carbocycles. The fourth-order valence-electron chi connectivity index (χ4n) is 0.858. The molecule has 0 N–H and O–H groups in total. The molecule has 0 atom stereocenters. The van der Waals surface area contributed by atoms with Crippen LogP contribution in [0.2, 0.25) is 0 Å². The van der Waals surface area contributed by atoms with E-state index in [4.69, 9.17) is 0 Å². The predicted molar refractivity (Wildman–Crippen MR) is 48.8 cm³/mol. The summed E-state index contributed by atoms with van der Waals surface area (Å²) in [6, 6.07) is 0. The molecular weight excluding hydrogens is 204 g/mol. The van der Waals surface area contributed by atoms with Gasteiger partial charge in [0, 0.05) is 0 Å². The third kappa shape index (κ3) is 3.97. The van der Waals surface area contributed by atoms with Crippen molar-refractivity contribution < 1.29 is 28.6 Å². The molecule has 6 nitrogen and oxygen atoms in total. The minimum Gasteiger partial charge on any atom is -0.468 e. The molecule has 0 amide bonds. The van der Waals surface area contributed by atoms with Crippen LogP contribution in [0.25, 0.3) is 0 Å². The molecule has 0 heterocycles. The van der Waals surface area contributed by atoms with E-state index in [0.29, 0.717) is 0 Å². The van der Waals surface area contributed by atoms with Crippen LogP contribution < -0.4 is 0 Å². The van der Waals surface area contributed by atoms with Crippen molar-refractivity contribution in [2.45, 2.75) is 13.8 Å². The van der Waals surface area contributed by atoms with Crippen molar-refractivity contribution in [2.75, 3.05) is 20.3 Å². The minimum atomic E-state index is -1.64. The number of methoxy groups -OCH3 is 1. The molecule has 86 valence electrons. The highest BCUT2D eigenvalue weighted by atomic mass is 16.6. The monoisotopic (exact) mass is 218 g/mol. The number of esters is 3. The zero-order valence-electron chi connectivity index (χ0n) is 8.94. The van der Waals surface area contributed by atoms with Crippen LogP contribution in [0.5, 0.6) is 0 Å². The van der Waals surface area contributed by atoms with E-state index in [9.17, 15) is 14.4 Å². The molecule has 0 aliphatic heterocycles. The molecule has 0 spiro atoms. The van der Waals surface area contributed by atoms with Crippen LogP contribution in [0.4, 0.5) is 0 Å². The summed E-state index contributed by atoms with van der Waals surface area (Å²) in [5, 5.41) is 0. The van der Waals surface area contributed by atoms with Crippen LogP contribution in [0.1, 0.15) is 13.8 Å². The average molecular weight is 218 g/mol. The topological polar surface area (TPSA) is 78.9 Å². The van der Waals surface area contributed by atoms with Crippen molar-refractivity contribution in [3.8, 4) is 0 Å². The van der Waals surface area contributed by atoms with Crippen molar-refractivity contribution in [3.63, 3.8) is 0 Å². The smallest absolute Gasteiger partial charge is 0.331 e. The van der Waals surface area contributed by atoms with Gasteiger partial charge in [-0.15, -0.1) is 0 Å². The molecule has 15 heavy (non-hydrogen) atoms. The average Bonchev–Trinajstić information content (AvgIpc) is 2.18. The van der Waals surface area contributed by atoms with Gasteiger partial charge in [0.25, 0.3) is 5.92 Å². The number of ether oxygens (including phenoxy) is 3. The van der Waals surface area contributed by atoms with Gasteiger partial charge in [0.05, 0.1) is 20.3 Å². The van der Waals surface area contributed by atoms with E-state index in [1.54, 1.807) is 13.8 Å². The fraction of sp³-hybridized carbons (Fsp3) is 0.667. The summed E-state index contributed by atoms with van der Waals surface area (Å²) in [5.41, 5.74) is 0. The Morgan fingerprint density at radius 2 is 1.33 bits per heavy atom. The number of hydrogen-bond acceptors (Lipinski definition) is 6. The fourth-order valence-corrected chi connectivity index (χ4v) is 0.858. The molecule has 0 saturated heterocycles. The highest BCUT2D eigenvalue weighted by molar-refractivity contribution is 6.12. The van der Waals surface area contributed by atoms with E-state index in [1.165, 1.54) is 0 Å². The number of carbonyl (C=O) groups excluding carboxylic acids is 3. The molecule has 6 heteroatoms. The zero-order chi connectivity index (χ0) is 11.8. The molecule has 0 aliphatic carbocycles. The summed E-state index contributed by atoms with van der Waals surface area (Å²) in [7, 11) is 1.08. The van der Waals surface area contributed by atoms with Gasteiger partial charge in [0.2, 0.25) is 0 Å². The summed E-state index contributed by atoms with van der Waals surface area (Å²) >= 11 is 0. The quantitative estimate of drug-likeness (QED) is 0.364. The lowest BCUT2D eigenvalue weighted by Crippen LogP contribution is -2.35. The maximum absolute atomic E-state index is 11.2. The van der Waals surface area contributed by atoms with Gasteiger partial charge in [-0.3, -0.25) is 14.4 Å². The van der Waals surface area contributed by atoms with E-state index < -0.39 is 23.8 Å². The normalized spacial score (nSPS) is 9.60. The molecule has 0 unspecified atom stereocenters. The Kier molecular flexibility index (Phi) is 6.08. The highest BCUT2D eigenvalue weighted by Crippen LogP contribution is 2.06. The lowest BCUT2D eigenvalue weighted by molar-refractivity contribution is -0.170. The molecular formula is C9H14O6. The third-order valence-corrected chi connectivity index (χ3v) is 1.48. The first-order chi connectivity index (χ1) is 7.08. The van der Waals surface area contributed by atoms with E-state index in [0.717, 1.165) is 7.11 Å². The lowest BCUT2D eigenvalue weighted by Gasteiger charge is -2.11. The largest absolute Gasteiger partial charge is 0.468 e. The van der Waals surface area contributed by atoms with Gasteiger partial charge in [-0.1, -0.05) is 0 Å². The van der Waals surface area contributed by atoms with Gasteiger partial charge in [-0.05, 0) is 13.8 Å². The van der Waals surface area contributed by atoms with Gasteiger partial charge < -0.3 is 14.2 Å². The van der Waals surface area contributed by atoms with Crippen molar-refractivity contribution in [2.24, 2.45) is 5.92 Å². The van der Waals surface area contributed by atoms with Crippen LogP contribution in [-0.4, -0.2) is 38.2 Å². The van der Waals surface area contributed by atoms with Gasteiger partial charge in [-0.2, -0.15) is 0 Å². The third-order valence-electron chi connectivity index (χ3n) is 1.48. The molecule has 0 radical (unpaired) electrons. The molecule has 0 rings (SSSR count). The van der Waals surface area contributed by atoms with Crippen molar-refractivity contribution >= 4 is 17.9 Å². The maximum Gasteiger partial charge on any atom is 0.331 e. The maximum atomic E-state index is 11.2. The van der Waals surface area contributed by atoms with Crippen molar-refractivity contribution in [3.05, 3.63) is 0 Å². The van der Waals surface area contributed by atoms with E-state index in [-0.39, 0.29) is 13.2 Å². The molecule has 0 fully saturated rings. The lowest BCUT2D eigenvalue weighted by atomic mass is 10.1. The SMILES string of the molecule is CCOC(=O)C(C(=O)OC)C(=O)OCC. The standard InChI is InChI=1S/C9H14O6/c1-4-14-8(11)6(7(10)13-3)9(12)15-5-2/h6H,4-5H2,1-3H3. The Bertz CT molecular complexity index is 229. The van der Waals surface area contributed by atoms with Crippen molar-refractivity contribution in [1.29, 1.82) is 0 Å². The van der Waals surface area contributed by atoms with Crippen LogP contribution in [0, 0.1) is 5.92 Å². The van der Waals surface area contributed by atoms with E-state index in [2.05, 4.69) is 14.2 Å². The Hall–Kier alpha value is -1.59. The summed E-state index contributed by atoms with van der Waals surface area (Å²) < 4.78 is 13.4. The molecule has 0 aromatic carbocycles. The Labute approximate surface area is 87.5 Å².